The number of carbonyl (C=O) groups is 1. The number of aromatic nitrogens is 1. The number of benzene rings is 2. The quantitative estimate of drug-likeness (QED) is 0.602. The van der Waals surface area contributed by atoms with E-state index in [-0.39, 0.29) is 11.1 Å². The Morgan fingerprint density at radius 2 is 1.91 bits per heavy atom. The molecule has 8 heteroatoms. The summed E-state index contributed by atoms with van der Waals surface area (Å²) in [6.07, 6.45) is 1.74. The molecule has 0 atom stereocenters. The van der Waals surface area contributed by atoms with Gasteiger partial charge in [0.25, 0.3) is 11.5 Å². The van der Waals surface area contributed by atoms with E-state index < -0.39 is 5.91 Å². The highest BCUT2D eigenvalue weighted by Gasteiger charge is 2.23. The molecule has 162 valence electrons. The van der Waals surface area contributed by atoms with E-state index in [1.807, 2.05) is 48.5 Å². The molecule has 1 aliphatic rings. The average Bonchev–Trinajstić information content (AvgIpc) is 3.16. The third-order valence-corrected chi connectivity index (χ3v) is 6.16. The van der Waals surface area contributed by atoms with Gasteiger partial charge in [-0.15, -0.1) is 11.3 Å². The van der Waals surface area contributed by atoms with E-state index in [1.54, 1.807) is 30.2 Å². The van der Waals surface area contributed by atoms with Crippen molar-refractivity contribution in [2.45, 2.75) is 0 Å². The minimum absolute atomic E-state index is 0.0526. The van der Waals surface area contributed by atoms with Crippen molar-refractivity contribution in [3.05, 3.63) is 79.7 Å². The lowest BCUT2D eigenvalue weighted by Gasteiger charge is -2.26. The lowest BCUT2D eigenvalue weighted by atomic mass is 10.2. The highest BCUT2D eigenvalue weighted by atomic mass is 32.1. The first-order chi connectivity index (χ1) is 15.6. The molecule has 1 amide bonds. The van der Waals surface area contributed by atoms with Crippen molar-refractivity contribution in [2.24, 2.45) is 0 Å². The molecule has 0 saturated carbocycles. The van der Waals surface area contributed by atoms with Crippen LogP contribution in [0.4, 0.5) is 0 Å². The number of ether oxygens (including phenoxy) is 2. The van der Waals surface area contributed by atoms with Crippen LogP contribution >= 0.6 is 11.3 Å². The smallest absolute Gasteiger partial charge is 0.273 e. The lowest BCUT2D eigenvalue weighted by Crippen LogP contribution is -2.42. The number of nitrogens with zero attached hydrogens (tertiary/aromatic N) is 3. The van der Waals surface area contributed by atoms with Crippen LogP contribution < -0.4 is 19.5 Å². The maximum absolute atomic E-state index is 13.4. The zero-order valence-corrected chi connectivity index (χ0v) is 18.3. The summed E-state index contributed by atoms with van der Waals surface area (Å²) in [5.74, 6) is 0.278. The Labute approximate surface area is 188 Å². The largest absolute Gasteiger partial charge is 0.497 e. The molecule has 0 radical (unpaired) electrons. The van der Waals surface area contributed by atoms with Crippen LogP contribution in [0.25, 0.3) is 17.3 Å². The topological polar surface area (TPSA) is 84.6 Å². The predicted molar refractivity (Wildman–Crippen MR) is 122 cm³/mol. The molecule has 32 heavy (non-hydrogen) atoms. The molecular weight excluding hydrogens is 426 g/mol. The number of para-hydroxylation sites is 1. The van der Waals surface area contributed by atoms with Gasteiger partial charge >= 0.3 is 0 Å². The number of hydrogen-bond donors (Lipinski definition) is 0. The molecule has 4 rings (SSSR count). The van der Waals surface area contributed by atoms with Crippen LogP contribution in [0.2, 0.25) is 0 Å². The van der Waals surface area contributed by atoms with E-state index in [9.17, 15) is 14.9 Å². The third kappa shape index (κ3) is 4.35. The van der Waals surface area contributed by atoms with Gasteiger partial charge in [0.2, 0.25) is 0 Å². The van der Waals surface area contributed by atoms with Gasteiger partial charge in [0.15, 0.2) is 5.57 Å². The average molecular weight is 448 g/mol. The van der Waals surface area contributed by atoms with E-state index in [1.165, 1.54) is 4.57 Å². The fraction of sp³-hybridized carbons (Fsp3) is 0.208. The van der Waals surface area contributed by atoms with E-state index in [2.05, 4.69) is 0 Å². The van der Waals surface area contributed by atoms with Crippen molar-refractivity contribution in [3.8, 4) is 17.5 Å². The zero-order valence-electron chi connectivity index (χ0n) is 17.5. The van der Waals surface area contributed by atoms with Crippen LogP contribution in [-0.4, -0.2) is 48.8 Å². The Balaban J connectivity index is 1.97. The van der Waals surface area contributed by atoms with Crippen molar-refractivity contribution in [2.75, 3.05) is 33.4 Å². The third-order valence-electron chi connectivity index (χ3n) is 5.07. The van der Waals surface area contributed by atoms with E-state index >= 15 is 0 Å². The summed E-state index contributed by atoms with van der Waals surface area (Å²) >= 11 is 1.13. The van der Waals surface area contributed by atoms with Gasteiger partial charge in [-0.05, 0) is 35.9 Å². The molecule has 0 N–H and O–H groups in total. The van der Waals surface area contributed by atoms with Crippen LogP contribution in [0, 0.1) is 11.3 Å². The molecule has 2 aromatic carbocycles. The maximum atomic E-state index is 13.4. The standard InChI is InChI=1S/C24H21N3O4S/c1-30-19-9-5-6-17(14-19)15-21-23(29)27(18-7-3-2-4-8-18)24(32-21)20(16-25)22(28)26-10-12-31-13-11-26/h2-9,14-15H,10-13H2,1H3/b21-15?,24-20-. The SMILES string of the molecule is COc1cccc(C=c2s/c(=C(/C#N)C(=O)N3CCOCC3)n(-c3ccccc3)c2=O)c1. The van der Waals surface area contributed by atoms with Gasteiger partial charge in [-0.25, -0.2) is 0 Å². The molecule has 1 fully saturated rings. The number of rotatable bonds is 4. The van der Waals surface area contributed by atoms with E-state index in [4.69, 9.17) is 9.47 Å². The zero-order chi connectivity index (χ0) is 22.5. The first kappa shape index (κ1) is 21.6. The van der Waals surface area contributed by atoms with Crippen molar-refractivity contribution in [1.82, 2.24) is 9.47 Å². The molecule has 0 spiro atoms. The molecule has 7 nitrogen and oxygen atoms in total. The van der Waals surface area contributed by atoms with Crippen molar-refractivity contribution >= 4 is 28.9 Å². The van der Waals surface area contributed by atoms with Crippen LogP contribution in [0.1, 0.15) is 5.56 Å². The second-order valence-electron chi connectivity index (χ2n) is 7.06. The van der Waals surface area contributed by atoms with Crippen molar-refractivity contribution in [1.29, 1.82) is 5.26 Å². The summed E-state index contributed by atoms with van der Waals surface area (Å²) < 4.78 is 12.8. The summed E-state index contributed by atoms with van der Waals surface area (Å²) in [5.41, 5.74) is 1.04. The normalized spacial score (nSPS) is 15.2. The second-order valence-corrected chi connectivity index (χ2v) is 8.09. The van der Waals surface area contributed by atoms with Gasteiger partial charge in [-0.2, -0.15) is 5.26 Å². The Morgan fingerprint density at radius 3 is 2.59 bits per heavy atom. The number of thiazole rings is 1. The van der Waals surface area contributed by atoms with Crippen molar-refractivity contribution < 1.29 is 14.3 Å². The minimum atomic E-state index is -0.394. The first-order valence-corrected chi connectivity index (χ1v) is 10.9. The van der Waals surface area contributed by atoms with Gasteiger partial charge < -0.3 is 14.4 Å². The summed E-state index contributed by atoms with van der Waals surface area (Å²) in [6.45, 7) is 1.67. The van der Waals surface area contributed by atoms with Crippen LogP contribution in [0.15, 0.2) is 59.4 Å². The summed E-state index contributed by atoms with van der Waals surface area (Å²) in [5, 5.41) is 9.91. The van der Waals surface area contributed by atoms with E-state index in [0.717, 1.165) is 16.9 Å². The fourth-order valence-corrected chi connectivity index (χ4v) is 4.55. The molecule has 1 aromatic heterocycles. The first-order valence-electron chi connectivity index (χ1n) is 10.1. The molecule has 2 heterocycles. The number of methoxy groups -OCH3 is 1. The Morgan fingerprint density at radius 1 is 1.16 bits per heavy atom. The number of hydrogen-bond acceptors (Lipinski definition) is 6. The number of carbonyl (C=O) groups excluding carboxylic acids is 1. The predicted octanol–water partition coefficient (Wildman–Crippen LogP) is 1.27. The van der Waals surface area contributed by atoms with Crippen molar-refractivity contribution in [3.63, 3.8) is 0 Å². The number of morpholine rings is 1. The number of nitriles is 1. The van der Waals surface area contributed by atoms with Gasteiger partial charge in [0.05, 0.1) is 30.5 Å². The van der Waals surface area contributed by atoms with Gasteiger partial charge in [0, 0.05) is 13.1 Å². The minimum Gasteiger partial charge on any atom is -0.497 e. The van der Waals surface area contributed by atoms with Crippen LogP contribution in [0.3, 0.4) is 0 Å². The summed E-state index contributed by atoms with van der Waals surface area (Å²) in [4.78, 5) is 28.2. The Bertz CT molecular complexity index is 1350. The highest BCUT2D eigenvalue weighted by molar-refractivity contribution is 7.07. The second kappa shape index (κ2) is 9.64. The Kier molecular flexibility index (Phi) is 6.50. The maximum Gasteiger partial charge on any atom is 0.273 e. The fourth-order valence-electron chi connectivity index (χ4n) is 3.46. The highest BCUT2D eigenvalue weighted by Crippen LogP contribution is 2.13. The van der Waals surface area contributed by atoms with Gasteiger partial charge in [-0.1, -0.05) is 30.3 Å². The van der Waals surface area contributed by atoms with Gasteiger partial charge in [0.1, 0.15) is 16.5 Å². The summed E-state index contributed by atoms with van der Waals surface area (Å²) in [7, 11) is 1.58. The molecule has 3 aromatic rings. The molecule has 0 bridgehead atoms. The lowest BCUT2D eigenvalue weighted by molar-refractivity contribution is -0.128. The number of amides is 1. The van der Waals surface area contributed by atoms with Crippen LogP contribution in [0.5, 0.6) is 5.75 Å². The van der Waals surface area contributed by atoms with E-state index in [0.29, 0.717) is 46.9 Å². The van der Waals surface area contributed by atoms with Gasteiger partial charge in [-0.3, -0.25) is 14.2 Å². The monoisotopic (exact) mass is 447 g/mol. The molecule has 1 saturated heterocycles. The molecule has 0 unspecified atom stereocenters. The molecular formula is C24H21N3O4S. The molecule has 0 aliphatic carbocycles. The van der Waals surface area contributed by atoms with Crippen LogP contribution in [-0.2, 0) is 9.53 Å². The summed E-state index contributed by atoms with van der Waals surface area (Å²) in [6, 6.07) is 18.4. The molecule has 1 aliphatic heterocycles. The Hall–Kier alpha value is -3.67.